The van der Waals surface area contributed by atoms with E-state index in [4.69, 9.17) is 0 Å². The van der Waals surface area contributed by atoms with Crippen LogP contribution in [0, 0.1) is 13.8 Å². The first-order valence-corrected chi connectivity index (χ1v) is 8.30. The molecule has 0 aliphatic rings. The molecule has 0 N–H and O–H groups in total. The molecular formula is C20H20N4O2. The summed E-state index contributed by atoms with van der Waals surface area (Å²) in [6, 6.07) is 15.3. The normalized spacial score (nSPS) is 10.6. The van der Waals surface area contributed by atoms with Gasteiger partial charge in [0, 0.05) is 13.8 Å². The second-order valence-corrected chi connectivity index (χ2v) is 6.00. The minimum absolute atomic E-state index is 0.00574. The highest BCUT2D eigenvalue weighted by Crippen LogP contribution is 2.15. The molecule has 0 aliphatic heterocycles. The van der Waals surface area contributed by atoms with Crippen LogP contribution in [0.4, 0.5) is 0 Å². The molecule has 0 saturated carbocycles. The fourth-order valence-electron chi connectivity index (χ4n) is 3.09. The quantitative estimate of drug-likeness (QED) is 0.481. The Labute approximate surface area is 151 Å². The van der Waals surface area contributed by atoms with Crippen molar-refractivity contribution >= 4 is 33.9 Å². The Morgan fingerprint density at radius 2 is 1.04 bits per heavy atom. The average molecular weight is 348 g/mol. The molecule has 6 nitrogen and oxygen atoms in total. The zero-order valence-corrected chi connectivity index (χ0v) is 15.2. The third-order valence-electron chi connectivity index (χ3n) is 4.09. The summed E-state index contributed by atoms with van der Waals surface area (Å²) < 4.78 is 3.24. The Balaban J connectivity index is 0.000000151. The van der Waals surface area contributed by atoms with E-state index in [2.05, 4.69) is 9.97 Å². The third kappa shape index (κ3) is 3.13. The van der Waals surface area contributed by atoms with Gasteiger partial charge in [0.25, 0.3) is 0 Å². The number of carbonyl (C=O) groups is 2. The van der Waals surface area contributed by atoms with Gasteiger partial charge in [0.15, 0.2) is 0 Å². The van der Waals surface area contributed by atoms with Gasteiger partial charge in [-0.25, -0.2) is 9.97 Å². The highest BCUT2D eigenvalue weighted by molar-refractivity contribution is 5.90. The van der Waals surface area contributed by atoms with Gasteiger partial charge in [0.1, 0.15) is 11.6 Å². The molecule has 4 rings (SSSR count). The lowest BCUT2D eigenvalue weighted by Gasteiger charge is -1.98. The van der Waals surface area contributed by atoms with Gasteiger partial charge in [0.05, 0.1) is 22.1 Å². The van der Waals surface area contributed by atoms with Gasteiger partial charge >= 0.3 is 0 Å². The molecule has 2 aromatic carbocycles. The highest BCUT2D eigenvalue weighted by Gasteiger charge is 2.09. The number of para-hydroxylation sites is 4. The maximum Gasteiger partial charge on any atom is 0.229 e. The Bertz CT molecular complexity index is 1030. The number of aromatic nitrogens is 4. The van der Waals surface area contributed by atoms with Gasteiger partial charge in [-0.05, 0) is 38.1 Å². The standard InChI is InChI=1S/2C10H10N2O/c2*1-7-11-9-5-3-4-6-10(9)12(7)8(2)13/h2*3-6H,1-2H3. The van der Waals surface area contributed by atoms with Crippen molar-refractivity contribution in [3.63, 3.8) is 0 Å². The minimum Gasteiger partial charge on any atom is -0.274 e. The smallest absolute Gasteiger partial charge is 0.229 e. The number of hydrogen-bond acceptors (Lipinski definition) is 4. The first kappa shape index (κ1) is 17.5. The Kier molecular flexibility index (Phi) is 4.67. The van der Waals surface area contributed by atoms with Gasteiger partial charge < -0.3 is 0 Å². The summed E-state index contributed by atoms with van der Waals surface area (Å²) in [5.41, 5.74) is 3.51. The second kappa shape index (κ2) is 6.92. The molecule has 0 aliphatic carbocycles. The lowest BCUT2D eigenvalue weighted by atomic mass is 10.3. The van der Waals surface area contributed by atoms with Gasteiger partial charge in [-0.15, -0.1) is 0 Å². The number of fused-ring (bicyclic) bond motifs is 2. The molecule has 0 atom stereocenters. The van der Waals surface area contributed by atoms with E-state index in [0.717, 1.165) is 33.7 Å². The van der Waals surface area contributed by atoms with Gasteiger partial charge in [-0.3, -0.25) is 18.7 Å². The first-order chi connectivity index (χ1) is 12.4. The predicted molar refractivity (Wildman–Crippen MR) is 102 cm³/mol. The van der Waals surface area contributed by atoms with E-state index >= 15 is 0 Å². The molecule has 0 unspecified atom stereocenters. The van der Waals surface area contributed by atoms with Gasteiger partial charge in [0.2, 0.25) is 11.8 Å². The lowest BCUT2D eigenvalue weighted by Crippen LogP contribution is -2.06. The molecule has 0 fully saturated rings. The number of hydrogen-bond donors (Lipinski definition) is 0. The van der Waals surface area contributed by atoms with Crippen LogP contribution in [0.5, 0.6) is 0 Å². The Hall–Kier alpha value is -3.28. The van der Waals surface area contributed by atoms with E-state index < -0.39 is 0 Å². The van der Waals surface area contributed by atoms with Crippen molar-refractivity contribution in [1.29, 1.82) is 0 Å². The van der Waals surface area contributed by atoms with Crippen molar-refractivity contribution in [3.8, 4) is 0 Å². The molecule has 132 valence electrons. The molecule has 6 heteroatoms. The van der Waals surface area contributed by atoms with Crippen molar-refractivity contribution in [1.82, 2.24) is 19.1 Å². The van der Waals surface area contributed by atoms with Crippen molar-refractivity contribution in [2.24, 2.45) is 0 Å². The van der Waals surface area contributed by atoms with E-state index in [1.54, 1.807) is 23.0 Å². The zero-order valence-electron chi connectivity index (χ0n) is 15.2. The summed E-state index contributed by atoms with van der Waals surface area (Å²) in [5, 5.41) is 0. The van der Waals surface area contributed by atoms with Crippen molar-refractivity contribution < 1.29 is 9.59 Å². The first-order valence-electron chi connectivity index (χ1n) is 8.30. The van der Waals surface area contributed by atoms with E-state index in [1.165, 1.54) is 0 Å². The van der Waals surface area contributed by atoms with Crippen LogP contribution in [0.2, 0.25) is 0 Å². The SMILES string of the molecule is CC(=O)n1c(C)nc2ccccc21.CC(=O)n1c(C)nc2ccccc21. The van der Waals surface area contributed by atoms with Crippen LogP contribution >= 0.6 is 0 Å². The largest absolute Gasteiger partial charge is 0.274 e. The van der Waals surface area contributed by atoms with Crippen molar-refractivity contribution in [2.75, 3.05) is 0 Å². The second-order valence-electron chi connectivity index (χ2n) is 6.00. The predicted octanol–water partition coefficient (Wildman–Crippen LogP) is 4.01. The summed E-state index contributed by atoms with van der Waals surface area (Å²) in [7, 11) is 0. The molecular weight excluding hydrogens is 328 g/mol. The lowest BCUT2D eigenvalue weighted by molar-refractivity contribution is 0.0930. The fraction of sp³-hybridized carbons (Fsp3) is 0.200. The van der Waals surface area contributed by atoms with Crippen LogP contribution in [-0.4, -0.2) is 30.9 Å². The van der Waals surface area contributed by atoms with Crippen LogP contribution in [-0.2, 0) is 0 Å². The van der Waals surface area contributed by atoms with Gasteiger partial charge in [-0.2, -0.15) is 0 Å². The molecule has 26 heavy (non-hydrogen) atoms. The van der Waals surface area contributed by atoms with Crippen LogP contribution < -0.4 is 0 Å². The maximum atomic E-state index is 11.3. The van der Waals surface area contributed by atoms with Crippen LogP contribution in [0.1, 0.15) is 35.1 Å². The minimum atomic E-state index is 0.00574. The molecule has 0 spiro atoms. The number of aryl methyl sites for hydroxylation is 2. The molecule has 0 radical (unpaired) electrons. The maximum absolute atomic E-state index is 11.3. The fourth-order valence-corrected chi connectivity index (χ4v) is 3.09. The highest BCUT2D eigenvalue weighted by atomic mass is 16.2. The monoisotopic (exact) mass is 348 g/mol. The number of rotatable bonds is 0. The summed E-state index contributed by atoms with van der Waals surface area (Å²) in [4.78, 5) is 31.1. The van der Waals surface area contributed by atoms with E-state index in [-0.39, 0.29) is 11.8 Å². The Morgan fingerprint density at radius 1 is 0.692 bits per heavy atom. The van der Waals surface area contributed by atoms with Crippen molar-refractivity contribution in [2.45, 2.75) is 27.7 Å². The van der Waals surface area contributed by atoms with Crippen LogP contribution in [0.15, 0.2) is 48.5 Å². The van der Waals surface area contributed by atoms with E-state index in [1.807, 2.05) is 62.4 Å². The summed E-state index contributed by atoms with van der Waals surface area (Å²) in [5.74, 6) is 1.50. The number of nitrogens with zero attached hydrogens (tertiary/aromatic N) is 4. The van der Waals surface area contributed by atoms with E-state index in [9.17, 15) is 9.59 Å². The number of imidazole rings is 2. The molecule has 4 aromatic rings. The molecule has 2 heterocycles. The molecule has 0 saturated heterocycles. The van der Waals surface area contributed by atoms with E-state index in [0.29, 0.717) is 0 Å². The molecule has 0 bridgehead atoms. The summed E-state index contributed by atoms with van der Waals surface area (Å²) >= 11 is 0. The van der Waals surface area contributed by atoms with Gasteiger partial charge in [-0.1, -0.05) is 24.3 Å². The zero-order chi connectivity index (χ0) is 18.8. The molecule has 0 amide bonds. The number of carbonyl (C=O) groups excluding carboxylic acids is 2. The Morgan fingerprint density at radius 3 is 1.38 bits per heavy atom. The number of benzene rings is 2. The average Bonchev–Trinajstić information content (AvgIpc) is 3.10. The summed E-state index contributed by atoms with van der Waals surface area (Å²) in [6.45, 7) is 6.76. The topological polar surface area (TPSA) is 69.8 Å². The molecule has 2 aromatic heterocycles. The van der Waals surface area contributed by atoms with Crippen LogP contribution in [0.3, 0.4) is 0 Å². The van der Waals surface area contributed by atoms with Crippen molar-refractivity contribution in [3.05, 3.63) is 60.2 Å². The van der Waals surface area contributed by atoms with Crippen LogP contribution in [0.25, 0.3) is 22.1 Å². The summed E-state index contributed by atoms with van der Waals surface area (Å²) in [6.07, 6.45) is 0. The third-order valence-corrected chi connectivity index (χ3v) is 4.09.